The van der Waals surface area contributed by atoms with Gasteiger partial charge in [0.25, 0.3) is 0 Å². The normalized spacial score (nSPS) is 27.2. The minimum atomic E-state index is -0.337. The summed E-state index contributed by atoms with van der Waals surface area (Å²) in [6, 6.07) is 0.214. The first-order valence-electron chi connectivity index (χ1n) is 4.29. The quantitative estimate of drug-likeness (QED) is 0.669. The minimum absolute atomic E-state index is 0. The molecule has 0 spiro atoms. The first-order valence-corrected chi connectivity index (χ1v) is 4.29. The summed E-state index contributed by atoms with van der Waals surface area (Å²) < 4.78 is 4.52. The molecule has 0 aromatic carbocycles. The number of carbonyl (C=O) groups excluding carboxylic acids is 1. The van der Waals surface area contributed by atoms with E-state index in [1.165, 1.54) is 7.11 Å². The van der Waals surface area contributed by atoms with E-state index in [1.54, 1.807) is 0 Å². The van der Waals surface area contributed by atoms with Crippen molar-refractivity contribution in [1.29, 1.82) is 0 Å². The smallest absolute Gasteiger partial charge is 0.407 e. The van der Waals surface area contributed by atoms with E-state index < -0.39 is 0 Å². The van der Waals surface area contributed by atoms with Gasteiger partial charge in [-0.2, -0.15) is 0 Å². The fourth-order valence-corrected chi connectivity index (χ4v) is 1.39. The third-order valence-corrected chi connectivity index (χ3v) is 2.32. The van der Waals surface area contributed by atoms with Gasteiger partial charge in [-0.15, -0.1) is 12.4 Å². The molecular formula is C8H17ClN2O2. The number of hydrogen-bond donors (Lipinski definition) is 2. The zero-order chi connectivity index (χ0) is 8.97. The maximum atomic E-state index is 10.9. The monoisotopic (exact) mass is 208 g/mol. The molecule has 0 unspecified atom stereocenters. The van der Waals surface area contributed by atoms with Crippen molar-refractivity contribution in [3.63, 3.8) is 0 Å². The number of ether oxygens (including phenoxy) is 1. The average Bonchev–Trinajstić information content (AvgIpc) is 2.09. The molecule has 0 bridgehead atoms. The number of piperidine rings is 1. The van der Waals surface area contributed by atoms with Gasteiger partial charge < -0.3 is 15.4 Å². The van der Waals surface area contributed by atoms with E-state index in [0.717, 1.165) is 19.5 Å². The lowest BCUT2D eigenvalue weighted by atomic mass is 9.95. The van der Waals surface area contributed by atoms with E-state index in [-0.39, 0.29) is 24.5 Å². The summed E-state index contributed by atoms with van der Waals surface area (Å²) in [7, 11) is 1.39. The topological polar surface area (TPSA) is 50.4 Å². The predicted octanol–water partition coefficient (Wildman–Crippen LogP) is 0.762. The van der Waals surface area contributed by atoms with E-state index in [9.17, 15) is 4.79 Å². The SMILES string of the molecule is COC(=O)N[C@@H]1CNCC[C@@H]1C.Cl. The summed E-state index contributed by atoms with van der Waals surface area (Å²) >= 11 is 0. The van der Waals surface area contributed by atoms with Crippen molar-refractivity contribution in [3.8, 4) is 0 Å². The van der Waals surface area contributed by atoms with Crippen LogP contribution in [0.5, 0.6) is 0 Å². The summed E-state index contributed by atoms with van der Waals surface area (Å²) in [6.07, 6.45) is 0.768. The van der Waals surface area contributed by atoms with Crippen LogP contribution in [0, 0.1) is 5.92 Å². The van der Waals surface area contributed by atoms with Crippen molar-refractivity contribution in [2.24, 2.45) is 5.92 Å². The summed E-state index contributed by atoms with van der Waals surface area (Å²) in [4.78, 5) is 10.9. The highest BCUT2D eigenvalue weighted by atomic mass is 35.5. The summed E-state index contributed by atoms with van der Waals surface area (Å²) in [5, 5.41) is 6.02. The van der Waals surface area contributed by atoms with Gasteiger partial charge in [0.2, 0.25) is 0 Å². The van der Waals surface area contributed by atoms with Gasteiger partial charge in [-0.25, -0.2) is 4.79 Å². The van der Waals surface area contributed by atoms with Gasteiger partial charge in [0, 0.05) is 12.6 Å². The molecule has 0 aliphatic carbocycles. The van der Waals surface area contributed by atoms with Crippen LogP contribution in [0.4, 0.5) is 4.79 Å². The predicted molar refractivity (Wildman–Crippen MR) is 53.2 cm³/mol. The lowest BCUT2D eigenvalue weighted by Gasteiger charge is -2.29. The Bertz CT molecular complexity index is 166. The maximum Gasteiger partial charge on any atom is 0.407 e. The van der Waals surface area contributed by atoms with Crippen LogP contribution in [0.1, 0.15) is 13.3 Å². The lowest BCUT2D eigenvalue weighted by Crippen LogP contribution is -2.50. The van der Waals surface area contributed by atoms with Gasteiger partial charge in [-0.3, -0.25) is 0 Å². The lowest BCUT2D eigenvalue weighted by molar-refractivity contribution is 0.158. The third-order valence-electron chi connectivity index (χ3n) is 2.32. The molecule has 13 heavy (non-hydrogen) atoms. The Hall–Kier alpha value is -0.480. The fraction of sp³-hybridized carbons (Fsp3) is 0.875. The molecular weight excluding hydrogens is 192 g/mol. The highest BCUT2D eigenvalue weighted by Gasteiger charge is 2.22. The standard InChI is InChI=1S/C8H16N2O2.ClH/c1-6-3-4-9-5-7(6)10-8(11)12-2;/h6-7,9H,3-5H2,1-2H3,(H,10,11);1H/t6-,7+;/m0./s1. The van der Waals surface area contributed by atoms with Crippen molar-refractivity contribution >= 4 is 18.5 Å². The molecule has 1 saturated heterocycles. The highest BCUT2D eigenvalue weighted by molar-refractivity contribution is 5.85. The highest BCUT2D eigenvalue weighted by Crippen LogP contribution is 2.10. The Kier molecular flexibility index (Phi) is 5.82. The van der Waals surface area contributed by atoms with Crippen molar-refractivity contribution in [2.45, 2.75) is 19.4 Å². The van der Waals surface area contributed by atoms with Crippen LogP contribution in [-0.4, -0.2) is 32.3 Å². The molecule has 78 valence electrons. The Balaban J connectivity index is 0.00000144. The van der Waals surface area contributed by atoms with Gasteiger partial charge in [0.05, 0.1) is 7.11 Å². The van der Waals surface area contributed by atoms with E-state index in [4.69, 9.17) is 0 Å². The molecule has 4 nitrogen and oxygen atoms in total. The first-order chi connectivity index (χ1) is 5.74. The minimum Gasteiger partial charge on any atom is -0.453 e. The zero-order valence-electron chi connectivity index (χ0n) is 8.00. The molecule has 0 aromatic rings. The zero-order valence-corrected chi connectivity index (χ0v) is 8.82. The molecule has 2 atom stereocenters. The number of nitrogens with one attached hydrogen (secondary N) is 2. The number of halogens is 1. The van der Waals surface area contributed by atoms with E-state index >= 15 is 0 Å². The van der Waals surface area contributed by atoms with Crippen molar-refractivity contribution in [3.05, 3.63) is 0 Å². The molecule has 1 aliphatic rings. The van der Waals surface area contributed by atoms with Crippen LogP contribution in [-0.2, 0) is 4.74 Å². The van der Waals surface area contributed by atoms with Crippen LogP contribution >= 0.6 is 12.4 Å². The molecule has 1 heterocycles. The molecule has 0 aromatic heterocycles. The number of rotatable bonds is 1. The van der Waals surface area contributed by atoms with Gasteiger partial charge in [0.15, 0.2) is 0 Å². The van der Waals surface area contributed by atoms with Gasteiger partial charge in [-0.05, 0) is 18.9 Å². The molecule has 1 aliphatic heterocycles. The Labute approximate surface area is 84.8 Å². The van der Waals surface area contributed by atoms with Crippen LogP contribution in [0.15, 0.2) is 0 Å². The largest absolute Gasteiger partial charge is 0.453 e. The van der Waals surface area contributed by atoms with Crippen molar-refractivity contribution in [2.75, 3.05) is 20.2 Å². The molecule has 1 amide bonds. The molecule has 0 radical (unpaired) electrons. The molecule has 2 N–H and O–H groups in total. The Morgan fingerprint density at radius 1 is 1.62 bits per heavy atom. The van der Waals surface area contributed by atoms with Crippen LogP contribution in [0.3, 0.4) is 0 Å². The van der Waals surface area contributed by atoms with Crippen LogP contribution < -0.4 is 10.6 Å². The van der Waals surface area contributed by atoms with Gasteiger partial charge in [-0.1, -0.05) is 6.92 Å². The maximum absolute atomic E-state index is 10.9. The summed E-state index contributed by atoms with van der Waals surface area (Å²) in [5.41, 5.74) is 0. The number of hydrogen-bond acceptors (Lipinski definition) is 3. The summed E-state index contributed by atoms with van der Waals surface area (Å²) in [6.45, 7) is 4.03. The van der Waals surface area contributed by atoms with Crippen molar-refractivity contribution < 1.29 is 9.53 Å². The molecule has 1 rings (SSSR count). The molecule has 0 saturated carbocycles. The first kappa shape index (κ1) is 12.5. The Morgan fingerprint density at radius 2 is 2.31 bits per heavy atom. The average molecular weight is 209 g/mol. The Morgan fingerprint density at radius 3 is 2.85 bits per heavy atom. The van der Waals surface area contributed by atoms with E-state index in [0.29, 0.717) is 5.92 Å². The number of alkyl carbamates (subject to hydrolysis) is 1. The second-order valence-corrected chi connectivity index (χ2v) is 3.21. The van der Waals surface area contributed by atoms with E-state index in [1.807, 2.05) is 0 Å². The van der Waals surface area contributed by atoms with Gasteiger partial charge >= 0.3 is 6.09 Å². The second kappa shape index (κ2) is 6.05. The molecule has 1 fully saturated rings. The van der Waals surface area contributed by atoms with Gasteiger partial charge in [0.1, 0.15) is 0 Å². The molecule has 5 heteroatoms. The second-order valence-electron chi connectivity index (χ2n) is 3.21. The number of amides is 1. The number of carbonyl (C=O) groups is 1. The number of methoxy groups -OCH3 is 1. The fourth-order valence-electron chi connectivity index (χ4n) is 1.39. The third kappa shape index (κ3) is 3.83. The summed E-state index contributed by atoms with van der Waals surface area (Å²) in [5.74, 6) is 0.533. The van der Waals surface area contributed by atoms with E-state index in [2.05, 4.69) is 22.3 Å². The van der Waals surface area contributed by atoms with Crippen LogP contribution in [0.25, 0.3) is 0 Å². The van der Waals surface area contributed by atoms with Crippen molar-refractivity contribution in [1.82, 2.24) is 10.6 Å². The van der Waals surface area contributed by atoms with Crippen LogP contribution in [0.2, 0.25) is 0 Å².